The lowest BCUT2D eigenvalue weighted by atomic mass is 9.82. The van der Waals surface area contributed by atoms with Crippen LogP contribution in [0.2, 0.25) is 0 Å². The van der Waals surface area contributed by atoms with Crippen LogP contribution >= 0.6 is 0 Å². The third-order valence-corrected chi connectivity index (χ3v) is 4.85. The van der Waals surface area contributed by atoms with Crippen molar-refractivity contribution in [3.05, 3.63) is 12.2 Å². The molecular weight excluding hydrogens is 270 g/mol. The summed E-state index contributed by atoms with van der Waals surface area (Å²) in [5.74, 6) is -1.69. The molecule has 1 amide bonds. The van der Waals surface area contributed by atoms with E-state index < -0.39 is 17.8 Å². The summed E-state index contributed by atoms with van der Waals surface area (Å²) >= 11 is 0. The van der Waals surface area contributed by atoms with Crippen LogP contribution in [0.25, 0.3) is 0 Å². The number of fused-ring (bicyclic) bond motifs is 2. The van der Waals surface area contributed by atoms with E-state index in [1.807, 2.05) is 12.2 Å². The molecule has 5 heteroatoms. The minimum atomic E-state index is -0.868. The molecule has 5 nitrogen and oxygen atoms in total. The molecule has 0 aromatic rings. The summed E-state index contributed by atoms with van der Waals surface area (Å²) in [5.41, 5.74) is 0. The molecule has 2 rings (SSSR count). The lowest BCUT2D eigenvalue weighted by molar-refractivity contribution is -0.147. The Kier molecular flexibility index (Phi) is 5.39. The smallest absolute Gasteiger partial charge is 0.307 e. The van der Waals surface area contributed by atoms with E-state index >= 15 is 0 Å². The van der Waals surface area contributed by atoms with Crippen LogP contribution in [0.1, 0.15) is 32.6 Å². The first-order valence-corrected chi connectivity index (χ1v) is 7.88. The number of allylic oxidation sites excluding steroid dienone is 2. The van der Waals surface area contributed by atoms with Crippen LogP contribution in [0.15, 0.2) is 12.2 Å². The standard InChI is InChI=1S/C16H25NO4/c1-2-3-10(6-7-18)9-17-15(19)13-11-4-5-12(8-11)14(13)16(20)21/h4-5,10-14,18H,2-3,6-9H2,1H3,(H,17,19)(H,20,21). The number of nitrogens with one attached hydrogen (secondary N) is 1. The van der Waals surface area contributed by atoms with Crippen molar-refractivity contribution in [3.8, 4) is 0 Å². The molecule has 118 valence electrons. The van der Waals surface area contributed by atoms with Gasteiger partial charge < -0.3 is 15.5 Å². The Morgan fingerprint density at radius 2 is 1.90 bits per heavy atom. The number of amides is 1. The van der Waals surface area contributed by atoms with Crippen LogP contribution in [-0.4, -0.2) is 35.2 Å². The Bertz CT molecular complexity index is 415. The van der Waals surface area contributed by atoms with Crippen molar-refractivity contribution in [1.82, 2.24) is 5.32 Å². The van der Waals surface area contributed by atoms with E-state index in [4.69, 9.17) is 5.11 Å². The molecule has 21 heavy (non-hydrogen) atoms. The van der Waals surface area contributed by atoms with Crippen molar-refractivity contribution in [2.75, 3.05) is 13.2 Å². The van der Waals surface area contributed by atoms with Crippen molar-refractivity contribution in [2.45, 2.75) is 32.6 Å². The highest BCUT2D eigenvalue weighted by atomic mass is 16.4. The maximum Gasteiger partial charge on any atom is 0.307 e. The van der Waals surface area contributed by atoms with Gasteiger partial charge in [0.25, 0.3) is 0 Å². The number of hydrogen-bond acceptors (Lipinski definition) is 3. The van der Waals surface area contributed by atoms with E-state index in [-0.39, 0.29) is 30.3 Å². The molecule has 1 saturated carbocycles. The van der Waals surface area contributed by atoms with Gasteiger partial charge in [0, 0.05) is 13.2 Å². The third-order valence-electron chi connectivity index (χ3n) is 4.85. The Balaban J connectivity index is 1.93. The number of carboxylic acids is 1. The van der Waals surface area contributed by atoms with Gasteiger partial charge in [-0.25, -0.2) is 0 Å². The fourth-order valence-electron chi connectivity index (χ4n) is 3.82. The van der Waals surface area contributed by atoms with Gasteiger partial charge >= 0.3 is 5.97 Å². The predicted molar refractivity (Wildman–Crippen MR) is 78.5 cm³/mol. The van der Waals surface area contributed by atoms with Gasteiger partial charge in [0.05, 0.1) is 11.8 Å². The van der Waals surface area contributed by atoms with Crippen molar-refractivity contribution in [1.29, 1.82) is 0 Å². The molecule has 0 spiro atoms. The second-order valence-electron chi connectivity index (χ2n) is 6.25. The molecule has 2 bridgehead atoms. The molecule has 5 atom stereocenters. The quantitative estimate of drug-likeness (QED) is 0.591. The lowest BCUT2D eigenvalue weighted by Gasteiger charge is -2.25. The second kappa shape index (κ2) is 7.07. The van der Waals surface area contributed by atoms with Crippen LogP contribution in [0.3, 0.4) is 0 Å². The highest BCUT2D eigenvalue weighted by Gasteiger charge is 2.51. The average Bonchev–Trinajstić information content (AvgIpc) is 3.05. The third kappa shape index (κ3) is 3.46. The van der Waals surface area contributed by atoms with Crippen LogP contribution in [0.5, 0.6) is 0 Å². The van der Waals surface area contributed by atoms with Crippen molar-refractivity contribution in [3.63, 3.8) is 0 Å². The van der Waals surface area contributed by atoms with Gasteiger partial charge in [-0.05, 0) is 37.0 Å². The molecule has 0 radical (unpaired) electrons. The van der Waals surface area contributed by atoms with Crippen molar-refractivity contribution in [2.24, 2.45) is 29.6 Å². The minimum Gasteiger partial charge on any atom is -0.481 e. The second-order valence-corrected chi connectivity index (χ2v) is 6.25. The minimum absolute atomic E-state index is 0.00660. The largest absolute Gasteiger partial charge is 0.481 e. The Morgan fingerprint density at radius 3 is 2.48 bits per heavy atom. The Morgan fingerprint density at radius 1 is 1.24 bits per heavy atom. The molecule has 0 heterocycles. The summed E-state index contributed by atoms with van der Waals surface area (Å²) in [5, 5.41) is 21.3. The molecule has 0 saturated heterocycles. The van der Waals surface area contributed by atoms with Gasteiger partial charge in [0.15, 0.2) is 0 Å². The number of hydrogen-bond donors (Lipinski definition) is 3. The summed E-state index contributed by atoms with van der Waals surface area (Å²) in [6.07, 6.45) is 7.36. The number of aliphatic hydroxyl groups is 1. The molecule has 5 unspecified atom stereocenters. The van der Waals surface area contributed by atoms with Gasteiger partial charge in [0.1, 0.15) is 0 Å². The summed E-state index contributed by atoms with van der Waals surface area (Å²) in [7, 11) is 0. The van der Waals surface area contributed by atoms with Gasteiger partial charge in [0.2, 0.25) is 5.91 Å². The molecule has 3 N–H and O–H groups in total. The lowest BCUT2D eigenvalue weighted by Crippen LogP contribution is -2.41. The SMILES string of the molecule is CCCC(CCO)CNC(=O)C1C2C=CC(C2)C1C(=O)O. The number of aliphatic carboxylic acids is 1. The summed E-state index contributed by atoms with van der Waals surface area (Å²) < 4.78 is 0. The number of carboxylic acid groups (broad SMARTS) is 1. The maximum atomic E-state index is 12.4. The zero-order valence-electron chi connectivity index (χ0n) is 12.5. The first-order valence-electron chi connectivity index (χ1n) is 7.88. The zero-order valence-corrected chi connectivity index (χ0v) is 12.5. The summed E-state index contributed by atoms with van der Waals surface area (Å²) in [4.78, 5) is 23.8. The monoisotopic (exact) mass is 295 g/mol. The highest BCUT2D eigenvalue weighted by Crippen LogP contribution is 2.48. The Labute approximate surface area is 125 Å². The van der Waals surface area contributed by atoms with Crippen LogP contribution in [0.4, 0.5) is 0 Å². The van der Waals surface area contributed by atoms with Crippen molar-refractivity contribution >= 4 is 11.9 Å². The van der Waals surface area contributed by atoms with E-state index in [1.54, 1.807) is 0 Å². The van der Waals surface area contributed by atoms with Crippen LogP contribution in [-0.2, 0) is 9.59 Å². The topological polar surface area (TPSA) is 86.6 Å². The van der Waals surface area contributed by atoms with E-state index in [0.29, 0.717) is 13.0 Å². The first kappa shape index (κ1) is 16.0. The van der Waals surface area contributed by atoms with Gasteiger partial charge in [-0.2, -0.15) is 0 Å². The van der Waals surface area contributed by atoms with E-state index in [9.17, 15) is 14.7 Å². The summed E-state index contributed by atoms with van der Waals surface area (Å²) in [6, 6.07) is 0. The number of rotatable bonds is 8. The van der Waals surface area contributed by atoms with Crippen LogP contribution < -0.4 is 5.32 Å². The van der Waals surface area contributed by atoms with E-state index in [0.717, 1.165) is 19.3 Å². The first-order chi connectivity index (χ1) is 10.1. The molecule has 0 aromatic carbocycles. The van der Waals surface area contributed by atoms with Crippen LogP contribution in [0, 0.1) is 29.6 Å². The molecule has 0 aromatic heterocycles. The van der Waals surface area contributed by atoms with Gasteiger partial charge in [-0.3, -0.25) is 9.59 Å². The average molecular weight is 295 g/mol. The maximum absolute atomic E-state index is 12.4. The number of aliphatic hydroxyl groups excluding tert-OH is 1. The van der Waals surface area contributed by atoms with Gasteiger partial charge in [-0.1, -0.05) is 25.5 Å². The molecule has 2 aliphatic carbocycles. The number of carbonyl (C=O) groups is 2. The zero-order chi connectivity index (χ0) is 15.4. The highest BCUT2D eigenvalue weighted by molar-refractivity contribution is 5.86. The Hall–Kier alpha value is -1.36. The number of carbonyl (C=O) groups excluding carboxylic acids is 1. The fraction of sp³-hybridized carbons (Fsp3) is 0.750. The summed E-state index contributed by atoms with van der Waals surface area (Å²) in [6.45, 7) is 2.72. The predicted octanol–water partition coefficient (Wildman–Crippen LogP) is 1.42. The fourth-order valence-corrected chi connectivity index (χ4v) is 3.82. The molecular formula is C16H25NO4. The molecule has 2 aliphatic rings. The van der Waals surface area contributed by atoms with E-state index in [1.165, 1.54) is 0 Å². The normalized spacial score (nSPS) is 31.3. The molecule has 1 fully saturated rings. The van der Waals surface area contributed by atoms with Crippen molar-refractivity contribution < 1.29 is 19.8 Å². The molecule has 0 aliphatic heterocycles. The van der Waals surface area contributed by atoms with E-state index in [2.05, 4.69) is 12.2 Å². The van der Waals surface area contributed by atoms with Gasteiger partial charge in [-0.15, -0.1) is 0 Å².